The predicted octanol–water partition coefficient (Wildman–Crippen LogP) is -0.0909. The van der Waals surface area contributed by atoms with E-state index in [9.17, 15) is 4.79 Å². The van der Waals surface area contributed by atoms with Crippen molar-refractivity contribution in [3.63, 3.8) is 0 Å². The first-order valence-corrected chi connectivity index (χ1v) is 9.99. The Hall–Kier alpha value is -2.16. The summed E-state index contributed by atoms with van der Waals surface area (Å²) in [6.07, 6.45) is 3.97. The zero-order valence-electron chi connectivity index (χ0n) is 16.8. The van der Waals surface area contributed by atoms with Gasteiger partial charge in [-0.05, 0) is 26.7 Å². The van der Waals surface area contributed by atoms with Crippen molar-refractivity contribution >= 4 is 11.9 Å². The van der Waals surface area contributed by atoms with Crippen LogP contribution in [-0.2, 0) is 18.4 Å². The fourth-order valence-corrected chi connectivity index (χ4v) is 3.70. The maximum Gasteiger partial charge on any atom is 0.239 e. The highest BCUT2D eigenvalue weighted by Crippen LogP contribution is 2.14. The summed E-state index contributed by atoms with van der Waals surface area (Å²) in [6.45, 7) is 10.7. The highest BCUT2D eigenvalue weighted by atomic mass is 16.2. The molecule has 9 nitrogen and oxygen atoms in total. The first-order chi connectivity index (χ1) is 13.1. The van der Waals surface area contributed by atoms with E-state index in [2.05, 4.69) is 32.2 Å². The number of piperazine rings is 1. The molecule has 1 N–H and O–H groups in total. The molecular formula is C18H32N8O. The molecule has 0 saturated carbocycles. The number of guanidine groups is 1. The van der Waals surface area contributed by atoms with Gasteiger partial charge in [0.2, 0.25) is 5.91 Å². The molecule has 3 heterocycles. The Morgan fingerprint density at radius 1 is 1.19 bits per heavy atom. The summed E-state index contributed by atoms with van der Waals surface area (Å²) in [7, 11) is 1.93. The molecule has 0 aromatic carbocycles. The molecule has 0 bridgehead atoms. The van der Waals surface area contributed by atoms with E-state index in [1.165, 1.54) is 0 Å². The van der Waals surface area contributed by atoms with Gasteiger partial charge >= 0.3 is 0 Å². The van der Waals surface area contributed by atoms with Crippen molar-refractivity contribution < 1.29 is 4.79 Å². The number of hydrogen-bond acceptors (Lipinski definition) is 5. The molecule has 0 aliphatic carbocycles. The first kappa shape index (κ1) is 19.6. The van der Waals surface area contributed by atoms with Gasteiger partial charge in [-0.2, -0.15) is 0 Å². The monoisotopic (exact) mass is 376 g/mol. The van der Waals surface area contributed by atoms with Gasteiger partial charge in [0.1, 0.15) is 12.9 Å². The van der Waals surface area contributed by atoms with Crippen LogP contribution in [0.15, 0.2) is 11.3 Å². The molecule has 1 atom stereocenters. The van der Waals surface area contributed by atoms with Crippen LogP contribution in [0.2, 0.25) is 0 Å². The molecule has 1 aromatic heterocycles. The van der Waals surface area contributed by atoms with E-state index in [-0.39, 0.29) is 11.9 Å². The van der Waals surface area contributed by atoms with E-state index in [1.54, 1.807) is 6.33 Å². The Labute approximate surface area is 161 Å². The second-order valence-corrected chi connectivity index (χ2v) is 7.26. The van der Waals surface area contributed by atoms with Gasteiger partial charge in [0.25, 0.3) is 0 Å². The quantitative estimate of drug-likeness (QED) is 0.571. The SMILES string of the molecule is CCNC(=NCc1nncn1C)N1CCN(C(C)C(=O)N2CCCC2)CC1. The lowest BCUT2D eigenvalue weighted by Gasteiger charge is -2.39. The number of nitrogens with zero attached hydrogens (tertiary/aromatic N) is 7. The lowest BCUT2D eigenvalue weighted by Crippen LogP contribution is -2.57. The van der Waals surface area contributed by atoms with Crippen molar-refractivity contribution in [1.82, 2.24) is 34.8 Å². The molecule has 0 spiro atoms. The van der Waals surface area contributed by atoms with Gasteiger partial charge in [0.05, 0.1) is 6.04 Å². The van der Waals surface area contributed by atoms with Crippen molar-refractivity contribution in [2.45, 2.75) is 39.3 Å². The van der Waals surface area contributed by atoms with E-state index in [1.807, 2.05) is 23.4 Å². The topological polar surface area (TPSA) is 81.9 Å². The Morgan fingerprint density at radius 3 is 2.48 bits per heavy atom. The summed E-state index contributed by atoms with van der Waals surface area (Å²) < 4.78 is 1.89. The highest BCUT2D eigenvalue weighted by Gasteiger charge is 2.30. The zero-order chi connectivity index (χ0) is 19.2. The van der Waals surface area contributed by atoms with Crippen LogP contribution in [0, 0.1) is 0 Å². The third-order valence-electron chi connectivity index (χ3n) is 5.45. The molecular weight excluding hydrogens is 344 g/mol. The van der Waals surface area contributed by atoms with Gasteiger partial charge in [-0.15, -0.1) is 10.2 Å². The second kappa shape index (κ2) is 9.16. The van der Waals surface area contributed by atoms with Crippen LogP contribution in [0.3, 0.4) is 0 Å². The third-order valence-corrected chi connectivity index (χ3v) is 5.45. The largest absolute Gasteiger partial charge is 0.357 e. The smallest absolute Gasteiger partial charge is 0.239 e. The maximum absolute atomic E-state index is 12.6. The number of hydrogen-bond donors (Lipinski definition) is 1. The number of carbonyl (C=O) groups is 1. The summed E-state index contributed by atoms with van der Waals surface area (Å²) in [6, 6.07) is -0.0385. The number of nitrogens with one attached hydrogen (secondary N) is 1. The van der Waals surface area contributed by atoms with Gasteiger partial charge in [-0.3, -0.25) is 9.69 Å². The Morgan fingerprint density at radius 2 is 1.89 bits per heavy atom. The van der Waals surface area contributed by atoms with Crippen molar-refractivity contribution in [3.05, 3.63) is 12.2 Å². The molecule has 3 rings (SSSR count). The van der Waals surface area contributed by atoms with Gasteiger partial charge in [0, 0.05) is 52.9 Å². The third kappa shape index (κ3) is 4.77. The summed E-state index contributed by atoms with van der Waals surface area (Å²) in [4.78, 5) is 24.0. The molecule has 9 heteroatoms. The minimum atomic E-state index is -0.0385. The summed E-state index contributed by atoms with van der Waals surface area (Å²) in [5.41, 5.74) is 0. The number of amides is 1. The average Bonchev–Trinajstić information content (AvgIpc) is 3.36. The van der Waals surface area contributed by atoms with Gasteiger partial charge in [-0.1, -0.05) is 0 Å². The normalized spacial score (nSPS) is 20.2. The number of carbonyl (C=O) groups excluding carboxylic acids is 1. The molecule has 0 radical (unpaired) electrons. The van der Waals surface area contributed by atoms with Crippen molar-refractivity contribution in [2.24, 2.45) is 12.0 Å². The Bertz CT molecular complexity index is 644. The predicted molar refractivity (Wildman–Crippen MR) is 104 cm³/mol. The van der Waals surface area contributed by atoms with E-state index in [4.69, 9.17) is 4.99 Å². The summed E-state index contributed by atoms with van der Waals surface area (Å²) >= 11 is 0. The minimum absolute atomic E-state index is 0.0385. The fourth-order valence-electron chi connectivity index (χ4n) is 3.70. The standard InChI is InChI=1S/C18H32N8O/c1-4-19-18(20-13-16-22-21-14-23(16)3)26-11-9-24(10-12-26)15(2)17(27)25-7-5-6-8-25/h14-15H,4-13H2,1-3H3,(H,19,20). The van der Waals surface area contributed by atoms with E-state index in [0.29, 0.717) is 6.54 Å². The zero-order valence-corrected chi connectivity index (χ0v) is 16.8. The van der Waals surface area contributed by atoms with Crippen LogP contribution in [0.4, 0.5) is 0 Å². The van der Waals surface area contributed by atoms with Crippen LogP contribution >= 0.6 is 0 Å². The number of rotatable bonds is 5. The first-order valence-electron chi connectivity index (χ1n) is 9.99. The maximum atomic E-state index is 12.6. The summed E-state index contributed by atoms with van der Waals surface area (Å²) in [5.74, 6) is 2.02. The van der Waals surface area contributed by atoms with Crippen LogP contribution in [0.25, 0.3) is 0 Å². The average molecular weight is 377 g/mol. The number of aryl methyl sites for hydroxylation is 1. The number of aromatic nitrogens is 3. The fraction of sp³-hybridized carbons (Fsp3) is 0.778. The van der Waals surface area contributed by atoms with Crippen LogP contribution in [0.1, 0.15) is 32.5 Å². The molecule has 1 amide bonds. The van der Waals surface area contributed by atoms with Crippen LogP contribution in [0.5, 0.6) is 0 Å². The van der Waals surface area contributed by atoms with Crippen LogP contribution in [-0.4, -0.2) is 93.2 Å². The molecule has 2 aliphatic rings. The molecule has 1 aromatic rings. The number of likely N-dealkylation sites (tertiary alicyclic amines) is 1. The van der Waals surface area contributed by atoms with Crippen molar-refractivity contribution in [1.29, 1.82) is 0 Å². The minimum Gasteiger partial charge on any atom is -0.357 e. The van der Waals surface area contributed by atoms with E-state index < -0.39 is 0 Å². The number of aliphatic imine (C=N–C) groups is 1. The lowest BCUT2D eigenvalue weighted by atomic mass is 10.2. The lowest BCUT2D eigenvalue weighted by molar-refractivity contribution is -0.135. The molecule has 2 aliphatic heterocycles. The van der Waals surface area contributed by atoms with E-state index in [0.717, 1.165) is 70.4 Å². The van der Waals surface area contributed by atoms with Crippen molar-refractivity contribution in [3.8, 4) is 0 Å². The highest BCUT2D eigenvalue weighted by molar-refractivity contribution is 5.82. The molecule has 1 unspecified atom stereocenters. The van der Waals surface area contributed by atoms with Crippen molar-refractivity contribution in [2.75, 3.05) is 45.8 Å². The Balaban J connectivity index is 1.55. The van der Waals surface area contributed by atoms with Crippen LogP contribution < -0.4 is 5.32 Å². The molecule has 27 heavy (non-hydrogen) atoms. The van der Waals surface area contributed by atoms with Gasteiger partial charge in [0.15, 0.2) is 11.8 Å². The van der Waals surface area contributed by atoms with Gasteiger partial charge in [-0.25, -0.2) is 4.99 Å². The summed E-state index contributed by atoms with van der Waals surface area (Å²) in [5, 5.41) is 11.4. The van der Waals surface area contributed by atoms with Gasteiger partial charge < -0.3 is 19.7 Å². The second-order valence-electron chi connectivity index (χ2n) is 7.26. The molecule has 2 fully saturated rings. The molecule has 2 saturated heterocycles. The van der Waals surface area contributed by atoms with E-state index >= 15 is 0 Å². The molecule has 150 valence electrons. The Kier molecular flexibility index (Phi) is 6.65.